The van der Waals surface area contributed by atoms with Gasteiger partial charge in [0.2, 0.25) is 5.91 Å². The van der Waals surface area contributed by atoms with Gasteiger partial charge in [-0.25, -0.2) is 4.98 Å². The number of anilines is 1. The van der Waals surface area contributed by atoms with Gasteiger partial charge in [0.1, 0.15) is 5.82 Å². The summed E-state index contributed by atoms with van der Waals surface area (Å²) in [6, 6.07) is 7.76. The van der Waals surface area contributed by atoms with Crippen LogP contribution in [0.5, 0.6) is 0 Å². The second-order valence-electron chi connectivity index (χ2n) is 3.98. The average Bonchev–Trinajstić information content (AvgIpc) is 2.67. The monoisotopic (exact) mass is 246 g/mol. The molecule has 1 N–H and O–H groups in total. The molecule has 2 rings (SSSR count). The molecular formula is C13H14N2OS. The van der Waals surface area contributed by atoms with Crippen molar-refractivity contribution in [1.82, 2.24) is 4.98 Å². The molecular weight excluding hydrogens is 232 g/mol. The van der Waals surface area contributed by atoms with Gasteiger partial charge in [0.15, 0.2) is 0 Å². The fourth-order valence-corrected chi connectivity index (χ4v) is 2.37. The Morgan fingerprint density at radius 1 is 1.41 bits per heavy atom. The number of hydrogen-bond acceptors (Lipinski definition) is 3. The molecule has 2 aromatic rings. The average molecular weight is 246 g/mol. The summed E-state index contributed by atoms with van der Waals surface area (Å²) in [6.45, 7) is 3.91. The number of carbonyl (C=O) groups excluding carboxylic acids is 1. The minimum Gasteiger partial charge on any atom is -0.310 e. The maximum Gasteiger partial charge on any atom is 0.230 e. The first-order chi connectivity index (χ1) is 8.13. The summed E-state index contributed by atoms with van der Waals surface area (Å²) in [5.41, 5.74) is 2.01. The molecule has 0 bridgehead atoms. The van der Waals surface area contributed by atoms with E-state index in [9.17, 15) is 4.79 Å². The van der Waals surface area contributed by atoms with E-state index in [4.69, 9.17) is 0 Å². The highest BCUT2D eigenvalue weighted by Gasteiger charge is 2.06. The zero-order valence-corrected chi connectivity index (χ0v) is 10.7. The fourth-order valence-electron chi connectivity index (χ4n) is 1.66. The Morgan fingerprint density at radius 3 is 2.88 bits per heavy atom. The molecule has 0 atom stereocenters. The summed E-state index contributed by atoms with van der Waals surface area (Å²) in [4.78, 5) is 17.1. The maximum atomic E-state index is 11.8. The lowest BCUT2D eigenvalue weighted by Gasteiger charge is -2.05. The van der Waals surface area contributed by atoms with Gasteiger partial charge in [-0.1, -0.05) is 6.07 Å². The standard InChI is InChI=1S/C13H14N2OS/c1-9-6-10(2)14-12(7-9)15-13(16)8-11-4-3-5-17-11/h3-7H,8H2,1-2H3,(H,14,15,16). The lowest BCUT2D eigenvalue weighted by Crippen LogP contribution is -2.15. The largest absolute Gasteiger partial charge is 0.310 e. The molecule has 17 heavy (non-hydrogen) atoms. The lowest BCUT2D eigenvalue weighted by molar-refractivity contribution is -0.115. The summed E-state index contributed by atoms with van der Waals surface area (Å²) >= 11 is 1.59. The third-order valence-electron chi connectivity index (χ3n) is 2.28. The smallest absolute Gasteiger partial charge is 0.230 e. The first-order valence-electron chi connectivity index (χ1n) is 5.41. The molecule has 1 amide bonds. The first kappa shape index (κ1) is 11.8. The number of thiophene rings is 1. The molecule has 0 aliphatic heterocycles. The number of nitrogens with zero attached hydrogens (tertiary/aromatic N) is 1. The van der Waals surface area contributed by atoms with Gasteiger partial charge >= 0.3 is 0 Å². The molecule has 0 aromatic carbocycles. The number of amides is 1. The van der Waals surface area contributed by atoms with Gasteiger partial charge in [-0.3, -0.25) is 4.79 Å². The van der Waals surface area contributed by atoms with E-state index < -0.39 is 0 Å². The van der Waals surface area contributed by atoms with Gasteiger partial charge < -0.3 is 5.32 Å². The van der Waals surface area contributed by atoms with Gasteiger partial charge in [-0.15, -0.1) is 11.3 Å². The van der Waals surface area contributed by atoms with Crippen LogP contribution in [0.3, 0.4) is 0 Å². The Kier molecular flexibility index (Phi) is 3.54. The van der Waals surface area contributed by atoms with E-state index in [0.717, 1.165) is 16.1 Å². The van der Waals surface area contributed by atoms with Crippen molar-refractivity contribution < 1.29 is 4.79 Å². The van der Waals surface area contributed by atoms with E-state index in [1.54, 1.807) is 11.3 Å². The lowest BCUT2D eigenvalue weighted by atomic mass is 10.2. The van der Waals surface area contributed by atoms with Crippen LogP contribution in [0.1, 0.15) is 16.1 Å². The topological polar surface area (TPSA) is 42.0 Å². The summed E-state index contributed by atoms with van der Waals surface area (Å²) < 4.78 is 0. The van der Waals surface area contributed by atoms with Crippen LogP contribution >= 0.6 is 11.3 Å². The fraction of sp³-hybridized carbons (Fsp3) is 0.231. The van der Waals surface area contributed by atoms with Crippen molar-refractivity contribution in [3.8, 4) is 0 Å². The third-order valence-corrected chi connectivity index (χ3v) is 3.16. The van der Waals surface area contributed by atoms with Crippen molar-refractivity contribution in [2.24, 2.45) is 0 Å². The first-order valence-corrected chi connectivity index (χ1v) is 6.29. The molecule has 3 nitrogen and oxygen atoms in total. The van der Waals surface area contributed by atoms with Crippen molar-refractivity contribution in [3.63, 3.8) is 0 Å². The van der Waals surface area contributed by atoms with Crippen molar-refractivity contribution in [2.75, 3.05) is 5.32 Å². The van der Waals surface area contributed by atoms with E-state index in [1.165, 1.54) is 0 Å². The van der Waals surface area contributed by atoms with Crippen LogP contribution in [-0.4, -0.2) is 10.9 Å². The van der Waals surface area contributed by atoms with Gasteiger partial charge in [0.05, 0.1) is 6.42 Å². The summed E-state index contributed by atoms with van der Waals surface area (Å²) in [5, 5.41) is 4.79. The third kappa shape index (κ3) is 3.39. The quantitative estimate of drug-likeness (QED) is 0.904. The van der Waals surface area contributed by atoms with Crippen LogP contribution in [0.15, 0.2) is 29.6 Å². The van der Waals surface area contributed by atoms with Crippen LogP contribution in [-0.2, 0) is 11.2 Å². The van der Waals surface area contributed by atoms with Crippen molar-refractivity contribution in [3.05, 3.63) is 45.8 Å². The Labute approximate surface area is 105 Å². The van der Waals surface area contributed by atoms with E-state index >= 15 is 0 Å². The molecule has 0 spiro atoms. The number of hydrogen-bond donors (Lipinski definition) is 1. The molecule has 0 saturated heterocycles. The van der Waals surface area contributed by atoms with Crippen molar-refractivity contribution >= 4 is 23.1 Å². The van der Waals surface area contributed by atoms with Crippen LogP contribution in [0.25, 0.3) is 0 Å². The predicted octanol–water partition coefficient (Wildman–Crippen LogP) is 2.94. The number of pyridine rings is 1. The second-order valence-corrected chi connectivity index (χ2v) is 5.01. The van der Waals surface area contributed by atoms with E-state index in [-0.39, 0.29) is 5.91 Å². The minimum absolute atomic E-state index is 0.0232. The molecule has 0 fully saturated rings. The zero-order chi connectivity index (χ0) is 12.3. The predicted molar refractivity (Wildman–Crippen MR) is 70.4 cm³/mol. The molecule has 88 valence electrons. The van der Waals surface area contributed by atoms with Gasteiger partial charge in [-0.05, 0) is 43.0 Å². The highest BCUT2D eigenvalue weighted by atomic mass is 32.1. The molecule has 2 aromatic heterocycles. The molecule has 0 unspecified atom stereocenters. The number of aryl methyl sites for hydroxylation is 2. The minimum atomic E-state index is -0.0232. The molecule has 0 saturated carbocycles. The van der Waals surface area contributed by atoms with Crippen molar-refractivity contribution in [1.29, 1.82) is 0 Å². The molecule has 0 aliphatic carbocycles. The van der Waals surface area contributed by atoms with Crippen molar-refractivity contribution in [2.45, 2.75) is 20.3 Å². The van der Waals surface area contributed by atoms with Crippen LogP contribution < -0.4 is 5.32 Å². The Bertz CT molecular complexity index is 500. The Balaban J connectivity index is 2.03. The van der Waals surface area contributed by atoms with Gasteiger partial charge in [-0.2, -0.15) is 0 Å². The Morgan fingerprint density at radius 2 is 2.24 bits per heavy atom. The number of carbonyl (C=O) groups is 1. The van der Waals surface area contributed by atoms with Crippen LogP contribution in [0.4, 0.5) is 5.82 Å². The number of nitrogens with one attached hydrogen (secondary N) is 1. The zero-order valence-electron chi connectivity index (χ0n) is 9.86. The number of rotatable bonds is 3. The van der Waals surface area contributed by atoms with Crippen LogP contribution in [0.2, 0.25) is 0 Å². The molecule has 0 radical (unpaired) electrons. The normalized spacial score (nSPS) is 10.2. The summed E-state index contributed by atoms with van der Waals surface area (Å²) in [7, 11) is 0. The van der Waals surface area contributed by atoms with E-state index in [2.05, 4.69) is 10.3 Å². The summed E-state index contributed by atoms with van der Waals surface area (Å²) in [5.74, 6) is 0.606. The summed E-state index contributed by atoms with van der Waals surface area (Å²) in [6.07, 6.45) is 0.409. The molecule has 0 aliphatic rings. The van der Waals surface area contributed by atoms with Gasteiger partial charge in [0, 0.05) is 10.6 Å². The van der Waals surface area contributed by atoms with Gasteiger partial charge in [0.25, 0.3) is 0 Å². The highest BCUT2D eigenvalue weighted by molar-refractivity contribution is 7.10. The van der Waals surface area contributed by atoms with Crippen LogP contribution in [0, 0.1) is 13.8 Å². The van der Waals surface area contributed by atoms with E-state index in [0.29, 0.717) is 12.2 Å². The SMILES string of the molecule is Cc1cc(C)nc(NC(=O)Cc2cccs2)c1. The number of aromatic nitrogens is 1. The van der Waals surface area contributed by atoms with E-state index in [1.807, 2.05) is 43.5 Å². The molecule has 4 heteroatoms. The Hall–Kier alpha value is -1.68. The highest BCUT2D eigenvalue weighted by Crippen LogP contribution is 2.12. The molecule has 2 heterocycles. The second kappa shape index (κ2) is 5.10. The maximum absolute atomic E-state index is 11.8.